The molecule has 9 nitrogen and oxygen atoms in total. The van der Waals surface area contributed by atoms with Crippen LogP contribution in [0.3, 0.4) is 0 Å². The molecule has 2 fully saturated rings. The average Bonchev–Trinajstić information content (AvgIpc) is 3.20. The van der Waals surface area contributed by atoms with Gasteiger partial charge in [0.05, 0.1) is 11.9 Å². The smallest absolute Gasteiger partial charge is 0.271 e. The Hall–Kier alpha value is -2.59. The van der Waals surface area contributed by atoms with Crippen LogP contribution in [0.15, 0.2) is 12.3 Å². The first kappa shape index (κ1) is 22.6. The normalized spacial score (nSPS) is 21.8. The van der Waals surface area contributed by atoms with Crippen LogP contribution < -0.4 is 16.4 Å². The van der Waals surface area contributed by atoms with Gasteiger partial charge in [-0.1, -0.05) is 0 Å². The van der Waals surface area contributed by atoms with E-state index in [4.69, 9.17) is 10.5 Å². The van der Waals surface area contributed by atoms with Crippen LogP contribution >= 0.6 is 11.5 Å². The summed E-state index contributed by atoms with van der Waals surface area (Å²) in [6.07, 6.45) is 7.95. The molecular weight excluding hydrogens is 428 g/mol. The number of rotatable bonds is 8. The van der Waals surface area contributed by atoms with Crippen molar-refractivity contribution < 1.29 is 14.3 Å². The molecule has 3 heterocycles. The van der Waals surface area contributed by atoms with Crippen molar-refractivity contribution in [3.8, 4) is 0 Å². The minimum Gasteiger partial charge on any atom is -0.381 e. The predicted molar refractivity (Wildman–Crippen MR) is 123 cm³/mol. The van der Waals surface area contributed by atoms with E-state index < -0.39 is 5.91 Å². The predicted octanol–water partition coefficient (Wildman–Crippen LogP) is 3.44. The molecule has 172 valence electrons. The molecule has 0 atom stereocenters. The number of ether oxygens (including phenoxy) is 1. The third kappa shape index (κ3) is 5.80. The summed E-state index contributed by atoms with van der Waals surface area (Å²) >= 11 is 1.29. The van der Waals surface area contributed by atoms with E-state index in [0.717, 1.165) is 49.2 Å². The minimum absolute atomic E-state index is 0.0944. The minimum atomic E-state index is -0.637. The van der Waals surface area contributed by atoms with Crippen molar-refractivity contribution >= 4 is 39.9 Å². The Kier molecular flexibility index (Phi) is 7.31. The lowest BCUT2D eigenvalue weighted by molar-refractivity contribution is -0.126. The summed E-state index contributed by atoms with van der Waals surface area (Å²) < 4.78 is 9.60. The Bertz CT molecular complexity index is 951. The van der Waals surface area contributed by atoms with Crippen LogP contribution in [0, 0.1) is 18.8 Å². The molecule has 2 aromatic rings. The number of Topliss-reactive ketones (excluding diaryl/α,β-unsaturated/α-hetero) is 1. The molecule has 0 unspecified atom stereocenters. The lowest BCUT2D eigenvalue weighted by Gasteiger charge is -2.30. The molecule has 1 saturated heterocycles. The Labute approximate surface area is 191 Å². The maximum atomic E-state index is 12.6. The van der Waals surface area contributed by atoms with Crippen molar-refractivity contribution in [3.63, 3.8) is 0 Å². The van der Waals surface area contributed by atoms with Crippen LogP contribution in [-0.4, -0.2) is 45.3 Å². The number of hydrogen-bond acceptors (Lipinski definition) is 9. The zero-order valence-corrected chi connectivity index (χ0v) is 19.1. The zero-order valence-electron chi connectivity index (χ0n) is 18.3. The molecule has 4 rings (SSSR count). The van der Waals surface area contributed by atoms with Crippen LogP contribution in [0.4, 0.5) is 16.6 Å². The summed E-state index contributed by atoms with van der Waals surface area (Å²) in [7, 11) is 0. The maximum absolute atomic E-state index is 12.6. The van der Waals surface area contributed by atoms with E-state index in [1.807, 2.05) is 13.0 Å². The van der Waals surface area contributed by atoms with Gasteiger partial charge in [-0.3, -0.25) is 9.59 Å². The summed E-state index contributed by atoms with van der Waals surface area (Å²) in [6.45, 7) is 3.32. The summed E-state index contributed by atoms with van der Waals surface area (Å²) in [5.74, 6) is 1.34. The van der Waals surface area contributed by atoms with Gasteiger partial charge in [0.1, 0.15) is 16.6 Å². The van der Waals surface area contributed by atoms with E-state index in [-0.39, 0.29) is 17.7 Å². The van der Waals surface area contributed by atoms with E-state index in [9.17, 15) is 9.59 Å². The number of aryl methyl sites for hydroxylation is 1. The van der Waals surface area contributed by atoms with Crippen LogP contribution in [0.5, 0.6) is 0 Å². The van der Waals surface area contributed by atoms with Gasteiger partial charge >= 0.3 is 0 Å². The van der Waals surface area contributed by atoms with Crippen LogP contribution in [0.2, 0.25) is 0 Å². The van der Waals surface area contributed by atoms with E-state index >= 15 is 0 Å². The summed E-state index contributed by atoms with van der Waals surface area (Å²) in [5, 5.41) is 7.31. The number of ketones is 1. The van der Waals surface area contributed by atoms with Gasteiger partial charge < -0.3 is 21.1 Å². The molecule has 1 aliphatic carbocycles. The van der Waals surface area contributed by atoms with Gasteiger partial charge in [0.25, 0.3) is 5.91 Å². The highest BCUT2D eigenvalue weighted by Gasteiger charge is 2.28. The molecule has 2 aliphatic rings. The molecule has 2 aromatic heterocycles. The van der Waals surface area contributed by atoms with Crippen molar-refractivity contribution in [2.75, 3.05) is 23.8 Å². The van der Waals surface area contributed by atoms with E-state index in [1.165, 1.54) is 11.5 Å². The number of nitrogens with zero attached hydrogens (tertiary/aromatic N) is 3. The molecule has 32 heavy (non-hydrogen) atoms. The first-order valence-electron chi connectivity index (χ1n) is 11.2. The van der Waals surface area contributed by atoms with Crippen LogP contribution in [-0.2, 0) is 9.53 Å². The van der Waals surface area contributed by atoms with Crippen molar-refractivity contribution in [2.24, 2.45) is 17.6 Å². The lowest BCUT2D eigenvalue weighted by atomic mass is 9.80. The van der Waals surface area contributed by atoms with E-state index in [0.29, 0.717) is 43.0 Å². The van der Waals surface area contributed by atoms with E-state index in [2.05, 4.69) is 25.0 Å². The van der Waals surface area contributed by atoms with Gasteiger partial charge in [-0.15, -0.1) is 0 Å². The summed E-state index contributed by atoms with van der Waals surface area (Å²) in [6, 6.07) is 2.14. The molecular formula is C22H30N6O3S. The molecule has 0 bridgehead atoms. The van der Waals surface area contributed by atoms with Crippen molar-refractivity contribution in [2.45, 2.75) is 57.9 Å². The SMILES string of the molecule is Cc1cc(Nc2nc(NC3CCC(CC(=O)C4CCOCC4)CC3)cnc2C(N)=O)sn1. The molecule has 1 saturated carbocycles. The topological polar surface area (TPSA) is 132 Å². The fourth-order valence-electron chi connectivity index (χ4n) is 4.46. The van der Waals surface area contributed by atoms with Crippen molar-refractivity contribution in [1.82, 2.24) is 14.3 Å². The zero-order chi connectivity index (χ0) is 22.5. The summed E-state index contributed by atoms with van der Waals surface area (Å²) in [4.78, 5) is 33.1. The molecule has 0 spiro atoms. The maximum Gasteiger partial charge on any atom is 0.271 e. The van der Waals surface area contributed by atoms with Crippen LogP contribution in [0.25, 0.3) is 0 Å². The number of primary amides is 1. The highest BCUT2D eigenvalue weighted by atomic mass is 32.1. The number of amides is 1. The Morgan fingerprint density at radius 2 is 1.94 bits per heavy atom. The quantitative estimate of drug-likeness (QED) is 0.548. The Morgan fingerprint density at radius 3 is 2.59 bits per heavy atom. The van der Waals surface area contributed by atoms with Crippen LogP contribution in [0.1, 0.15) is 61.1 Å². The summed E-state index contributed by atoms with van der Waals surface area (Å²) in [5.41, 5.74) is 6.44. The van der Waals surface area contributed by atoms with Gasteiger partial charge in [-0.2, -0.15) is 4.37 Å². The highest BCUT2D eigenvalue weighted by molar-refractivity contribution is 7.10. The third-order valence-corrected chi connectivity index (χ3v) is 7.04. The van der Waals surface area contributed by atoms with Gasteiger partial charge in [0.2, 0.25) is 0 Å². The Balaban J connectivity index is 1.32. The molecule has 0 aromatic carbocycles. The Morgan fingerprint density at radius 1 is 1.19 bits per heavy atom. The molecule has 1 aliphatic heterocycles. The largest absolute Gasteiger partial charge is 0.381 e. The second-order valence-electron chi connectivity index (χ2n) is 8.69. The molecule has 10 heteroatoms. The second kappa shape index (κ2) is 10.4. The van der Waals surface area contributed by atoms with Gasteiger partial charge in [0.15, 0.2) is 11.5 Å². The fourth-order valence-corrected chi connectivity index (χ4v) is 5.12. The second-order valence-corrected chi connectivity index (χ2v) is 9.50. The number of carbonyl (C=O) groups is 2. The number of nitrogens with two attached hydrogens (primary N) is 1. The molecule has 0 radical (unpaired) electrons. The number of hydrogen-bond donors (Lipinski definition) is 3. The lowest BCUT2D eigenvalue weighted by Crippen LogP contribution is -2.30. The van der Waals surface area contributed by atoms with Gasteiger partial charge in [-0.25, -0.2) is 9.97 Å². The third-order valence-electron chi connectivity index (χ3n) is 6.24. The highest BCUT2D eigenvalue weighted by Crippen LogP contribution is 2.31. The first-order valence-corrected chi connectivity index (χ1v) is 12.0. The van der Waals surface area contributed by atoms with Crippen molar-refractivity contribution in [3.05, 3.63) is 23.7 Å². The number of carbonyl (C=O) groups excluding carboxylic acids is 2. The number of nitrogens with one attached hydrogen (secondary N) is 2. The van der Waals surface area contributed by atoms with Gasteiger partial charge in [0, 0.05) is 31.6 Å². The number of anilines is 3. The average molecular weight is 459 g/mol. The molecule has 1 amide bonds. The number of aromatic nitrogens is 3. The van der Waals surface area contributed by atoms with Crippen molar-refractivity contribution in [1.29, 1.82) is 0 Å². The monoisotopic (exact) mass is 458 g/mol. The van der Waals surface area contributed by atoms with E-state index in [1.54, 1.807) is 6.20 Å². The van der Waals surface area contributed by atoms with Gasteiger partial charge in [-0.05, 0) is 69.0 Å². The first-order chi connectivity index (χ1) is 15.5. The fraction of sp³-hybridized carbons (Fsp3) is 0.591. The molecule has 4 N–H and O–H groups in total. The standard InChI is InChI=1S/C22H30N6O3S/c1-13-10-19(32-28-13)27-22-20(21(23)30)24-12-18(26-22)25-16-4-2-14(3-5-16)11-17(29)15-6-8-31-9-7-15/h10,12,14-16H,2-9,11H2,1H3,(H2,23,30)(H2,25,26,27).